The third-order valence-corrected chi connectivity index (χ3v) is 3.49. The number of carbonyl (C=O) groups excluding carboxylic acids is 4. The molecule has 1 N–H and O–H groups in total. The van der Waals surface area contributed by atoms with E-state index >= 15 is 0 Å². The highest BCUT2D eigenvalue weighted by Crippen LogP contribution is 2.29. The van der Waals surface area contributed by atoms with E-state index in [1.807, 2.05) is 0 Å². The molecule has 1 aromatic rings. The Hall–Kier alpha value is -3.11. The van der Waals surface area contributed by atoms with Crippen LogP contribution in [0.4, 0.5) is 0 Å². The molecule has 0 fully saturated rings. The lowest BCUT2D eigenvalue weighted by Crippen LogP contribution is -2.62. The van der Waals surface area contributed by atoms with Crippen LogP contribution >= 0.6 is 0 Å². The van der Waals surface area contributed by atoms with Crippen molar-refractivity contribution in [2.75, 3.05) is 26.9 Å². The van der Waals surface area contributed by atoms with Gasteiger partial charge in [0.15, 0.2) is 0 Å². The normalized spacial score (nSPS) is 10.8. The predicted octanol–water partition coefficient (Wildman–Crippen LogP) is 0.404. The lowest BCUT2D eigenvalue weighted by molar-refractivity contribution is -0.168. The Bertz CT molecular complexity index is 708. The van der Waals surface area contributed by atoms with Gasteiger partial charge in [0.25, 0.3) is 11.6 Å². The van der Waals surface area contributed by atoms with Gasteiger partial charge >= 0.3 is 17.9 Å². The van der Waals surface area contributed by atoms with Crippen molar-refractivity contribution in [2.45, 2.75) is 39.7 Å². The minimum atomic E-state index is -2.28. The first kappa shape index (κ1) is 22.9. The maximum atomic E-state index is 12.7. The smallest absolute Gasteiger partial charge is 0.377 e. The summed E-state index contributed by atoms with van der Waals surface area (Å²) >= 11 is 0. The van der Waals surface area contributed by atoms with Crippen LogP contribution < -0.4 is 10.1 Å². The monoisotopic (exact) mass is 400 g/mol. The molecule has 0 aromatic carbocycles. The first-order valence-corrected chi connectivity index (χ1v) is 8.60. The number of aromatic nitrogens is 1. The van der Waals surface area contributed by atoms with Gasteiger partial charge in [-0.25, -0.2) is 14.4 Å². The summed E-state index contributed by atoms with van der Waals surface area (Å²) in [5, 5.41) is 5.88. The van der Waals surface area contributed by atoms with Gasteiger partial charge in [0, 0.05) is 13.3 Å². The molecule has 1 aromatic heterocycles. The van der Waals surface area contributed by atoms with Crippen LogP contribution in [0.2, 0.25) is 0 Å². The molecule has 0 aliphatic heterocycles. The van der Waals surface area contributed by atoms with E-state index < -0.39 is 35.8 Å². The Morgan fingerprint density at radius 1 is 1.00 bits per heavy atom. The molecule has 0 aliphatic carbocycles. The number of carbonyl (C=O) groups is 4. The van der Waals surface area contributed by atoms with E-state index in [-0.39, 0.29) is 37.0 Å². The van der Waals surface area contributed by atoms with Gasteiger partial charge in [-0.2, -0.15) is 0 Å². The summed E-state index contributed by atoms with van der Waals surface area (Å²) in [5.74, 6) is -4.25. The number of hydrogen-bond acceptors (Lipinski definition) is 10. The molecule has 0 saturated carbocycles. The van der Waals surface area contributed by atoms with Crippen LogP contribution in [-0.4, -0.2) is 61.4 Å². The number of nitrogens with one attached hydrogen (secondary N) is 1. The molecule has 1 rings (SSSR count). The fraction of sp³-hybridized carbons (Fsp3) is 0.588. The van der Waals surface area contributed by atoms with Gasteiger partial charge in [0.2, 0.25) is 11.4 Å². The van der Waals surface area contributed by atoms with Crippen LogP contribution in [0.3, 0.4) is 0 Å². The molecule has 11 heteroatoms. The zero-order valence-electron chi connectivity index (χ0n) is 16.4. The Balaban J connectivity index is 3.56. The number of hydrogen-bond donors (Lipinski definition) is 1. The van der Waals surface area contributed by atoms with Crippen molar-refractivity contribution in [2.24, 2.45) is 0 Å². The number of nitrogens with zero attached hydrogens (tertiary/aromatic N) is 1. The molecule has 0 unspecified atom stereocenters. The van der Waals surface area contributed by atoms with Crippen molar-refractivity contribution < 1.29 is 42.6 Å². The van der Waals surface area contributed by atoms with E-state index in [2.05, 4.69) is 10.5 Å². The van der Waals surface area contributed by atoms with Crippen molar-refractivity contribution in [3.05, 3.63) is 11.3 Å². The third kappa shape index (κ3) is 4.99. The van der Waals surface area contributed by atoms with Crippen molar-refractivity contribution in [3.63, 3.8) is 0 Å². The zero-order valence-corrected chi connectivity index (χ0v) is 16.4. The molecule has 1 amide bonds. The summed E-state index contributed by atoms with van der Waals surface area (Å²) in [7, 11) is 1.26. The Morgan fingerprint density at radius 3 is 1.96 bits per heavy atom. The van der Waals surface area contributed by atoms with E-state index in [4.69, 9.17) is 23.5 Å². The summed E-state index contributed by atoms with van der Waals surface area (Å²) in [6.07, 6.45) is -0.564. The molecular weight excluding hydrogens is 376 g/mol. The van der Waals surface area contributed by atoms with Gasteiger partial charge in [-0.3, -0.25) is 4.79 Å². The highest BCUT2D eigenvalue weighted by Gasteiger charge is 2.52. The number of methoxy groups -OCH3 is 1. The lowest BCUT2D eigenvalue weighted by Gasteiger charge is -2.29. The molecule has 156 valence electrons. The zero-order chi connectivity index (χ0) is 21.3. The van der Waals surface area contributed by atoms with Gasteiger partial charge in [-0.05, 0) is 25.9 Å². The van der Waals surface area contributed by atoms with Crippen LogP contribution in [0.1, 0.15) is 43.8 Å². The standard InChI is InChI=1S/C17H24N2O9/c1-6-25-14(21)12-11(13(24-5)19-28-12)9-17(18-10(4)20,15(22)26-7-2)16(23)27-8-3/h6-9H2,1-5H3,(H,18,20). The molecule has 0 atom stereocenters. The van der Waals surface area contributed by atoms with Gasteiger partial charge in [-0.15, -0.1) is 0 Å². The number of ether oxygens (including phenoxy) is 4. The Kier molecular flexibility index (Phi) is 8.42. The fourth-order valence-corrected chi connectivity index (χ4v) is 2.42. The average Bonchev–Trinajstić information content (AvgIpc) is 3.03. The van der Waals surface area contributed by atoms with E-state index in [9.17, 15) is 19.2 Å². The van der Waals surface area contributed by atoms with E-state index in [1.165, 1.54) is 21.0 Å². The van der Waals surface area contributed by atoms with Crippen molar-refractivity contribution in [1.82, 2.24) is 10.5 Å². The van der Waals surface area contributed by atoms with Gasteiger partial charge in [-0.1, -0.05) is 0 Å². The maximum absolute atomic E-state index is 12.7. The molecule has 0 spiro atoms. The molecular formula is C17H24N2O9. The molecule has 11 nitrogen and oxygen atoms in total. The molecule has 28 heavy (non-hydrogen) atoms. The largest absolute Gasteiger partial charge is 0.479 e. The van der Waals surface area contributed by atoms with E-state index in [1.54, 1.807) is 6.92 Å². The first-order valence-electron chi connectivity index (χ1n) is 8.60. The summed E-state index contributed by atoms with van der Waals surface area (Å²) < 4.78 is 24.9. The number of esters is 3. The summed E-state index contributed by atoms with van der Waals surface area (Å²) in [4.78, 5) is 49.4. The van der Waals surface area contributed by atoms with Gasteiger partial charge in [0.1, 0.15) is 0 Å². The van der Waals surface area contributed by atoms with Gasteiger partial charge < -0.3 is 28.8 Å². The maximum Gasteiger partial charge on any atom is 0.377 e. The van der Waals surface area contributed by atoms with E-state index in [0.717, 1.165) is 6.92 Å². The average molecular weight is 400 g/mol. The van der Waals surface area contributed by atoms with Crippen molar-refractivity contribution >= 4 is 23.8 Å². The second-order valence-corrected chi connectivity index (χ2v) is 5.42. The topological polar surface area (TPSA) is 143 Å². The molecule has 0 saturated heterocycles. The van der Waals surface area contributed by atoms with Crippen LogP contribution in [0.25, 0.3) is 0 Å². The quantitative estimate of drug-likeness (QED) is 0.333. The molecule has 0 radical (unpaired) electrons. The summed E-state index contributed by atoms with van der Waals surface area (Å²) in [6.45, 7) is 5.69. The van der Waals surface area contributed by atoms with Crippen molar-refractivity contribution in [1.29, 1.82) is 0 Å². The minimum absolute atomic E-state index is 0.0495. The Labute approximate surface area is 161 Å². The van der Waals surface area contributed by atoms with Crippen LogP contribution in [0, 0.1) is 0 Å². The van der Waals surface area contributed by atoms with Crippen LogP contribution in [-0.2, 0) is 35.0 Å². The number of amides is 1. The highest BCUT2D eigenvalue weighted by atomic mass is 16.6. The van der Waals surface area contributed by atoms with Crippen LogP contribution in [0.5, 0.6) is 5.88 Å². The summed E-state index contributed by atoms with van der Waals surface area (Å²) in [5.41, 5.74) is -2.34. The second-order valence-electron chi connectivity index (χ2n) is 5.42. The SMILES string of the molecule is CCOC(=O)c1onc(OC)c1CC(NC(C)=O)(C(=O)OCC)C(=O)OCC. The van der Waals surface area contributed by atoms with Crippen molar-refractivity contribution in [3.8, 4) is 5.88 Å². The predicted molar refractivity (Wildman–Crippen MR) is 92.5 cm³/mol. The first-order chi connectivity index (χ1) is 13.3. The lowest BCUT2D eigenvalue weighted by atomic mass is 9.90. The molecule has 1 heterocycles. The third-order valence-electron chi connectivity index (χ3n) is 3.49. The molecule has 0 bridgehead atoms. The van der Waals surface area contributed by atoms with Gasteiger partial charge in [0.05, 0.1) is 32.5 Å². The fourth-order valence-electron chi connectivity index (χ4n) is 2.42. The Morgan fingerprint density at radius 2 is 1.54 bits per heavy atom. The summed E-state index contributed by atoms with van der Waals surface area (Å²) in [6, 6.07) is 0. The second kappa shape index (κ2) is 10.3. The van der Waals surface area contributed by atoms with E-state index in [0.29, 0.717) is 0 Å². The highest BCUT2D eigenvalue weighted by molar-refractivity contribution is 6.08. The van der Waals surface area contributed by atoms with Crippen LogP contribution in [0.15, 0.2) is 4.52 Å². The molecule has 0 aliphatic rings. The minimum Gasteiger partial charge on any atom is -0.479 e. The number of rotatable bonds is 10.